The summed E-state index contributed by atoms with van der Waals surface area (Å²) >= 11 is 0. The van der Waals surface area contributed by atoms with E-state index < -0.39 is 0 Å². The molecule has 0 radical (unpaired) electrons. The fourth-order valence-electron chi connectivity index (χ4n) is 7.77. The molecule has 1 heterocycles. The van der Waals surface area contributed by atoms with Crippen LogP contribution in [0.1, 0.15) is 239 Å². The predicted molar refractivity (Wildman–Crippen MR) is 249 cm³/mol. The lowest BCUT2D eigenvalue weighted by Gasteiger charge is -2.22. The molecule has 0 aliphatic carbocycles. The highest BCUT2D eigenvalue weighted by Crippen LogP contribution is 2.19. The number of carbonyl (C=O) groups is 2. The Morgan fingerprint density at radius 1 is 0.569 bits per heavy atom. The third kappa shape index (κ3) is 34.1. The van der Waals surface area contributed by atoms with Crippen molar-refractivity contribution in [2.75, 3.05) is 38.8 Å². The summed E-state index contributed by atoms with van der Waals surface area (Å²) in [5.74, 6) is 0.0111. The van der Waals surface area contributed by atoms with Gasteiger partial charge in [-0.05, 0) is 83.8 Å². The molecule has 0 saturated carbocycles. The summed E-state index contributed by atoms with van der Waals surface area (Å²) in [5.41, 5.74) is 0. The van der Waals surface area contributed by atoms with Gasteiger partial charge in [-0.25, -0.2) is 4.68 Å². The van der Waals surface area contributed by atoms with E-state index in [-0.39, 0.29) is 28.9 Å². The first-order valence-electron chi connectivity index (χ1n) is 24.9. The molecule has 0 aliphatic rings. The van der Waals surface area contributed by atoms with Gasteiger partial charge in [0.1, 0.15) is 24.8 Å². The zero-order valence-corrected chi connectivity index (χ0v) is 39.9. The summed E-state index contributed by atoms with van der Waals surface area (Å²) in [6.45, 7) is 11.6. The quantitative estimate of drug-likeness (QED) is 0.0367. The van der Waals surface area contributed by atoms with Crippen molar-refractivity contribution in [3.05, 3.63) is 6.20 Å². The van der Waals surface area contributed by atoms with Crippen molar-refractivity contribution in [3.8, 4) is 0 Å². The summed E-state index contributed by atoms with van der Waals surface area (Å²) in [6, 6.07) is 0. The Kier molecular flexibility index (Phi) is 38.3. The molecule has 0 amide bonds. The van der Waals surface area contributed by atoms with Gasteiger partial charge in [0.05, 0.1) is 6.61 Å². The Morgan fingerprint density at radius 2 is 1.00 bits per heavy atom. The molecular weight excluding hydrogens is 741 g/mol. The molecule has 58 heavy (non-hydrogen) atoms. The van der Waals surface area contributed by atoms with Crippen molar-refractivity contribution in [2.45, 2.75) is 257 Å². The maximum absolute atomic E-state index is 12.9. The van der Waals surface area contributed by atoms with Crippen LogP contribution in [0.5, 0.6) is 0 Å². The van der Waals surface area contributed by atoms with Crippen LogP contribution in [-0.2, 0) is 36.5 Å². The number of hydrogen-bond donors (Lipinski definition) is 0. The van der Waals surface area contributed by atoms with Gasteiger partial charge >= 0.3 is 11.9 Å². The van der Waals surface area contributed by atoms with Gasteiger partial charge in [-0.1, -0.05) is 172 Å². The van der Waals surface area contributed by atoms with Crippen LogP contribution in [0.25, 0.3) is 0 Å². The van der Waals surface area contributed by atoms with Gasteiger partial charge in [-0.2, -0.15) is 0 Å². The van der Waals surface area contributed by atoms with E-state index in [1.54, 1.807) is 0 Å². The number of unbranched alkanes of at least 4 members (excludes halogenated alkanes) is 24. The highest BCUT2D eigenvalue weighted by Gasteiger charge is 2.15. The molecule has 0 N–H and O–H groups in total. The average Bonchev–Trinajstić information content (AvgIpc) is 3.69. The maximum atomic E-state index is 12.9. The third-order valence-electron chi connectivity index (χ3n) is 11.6. The summed E-state index contributed by atoms with van der Waals surface area (Å²) < 4.78 is 13.6. The first kappa shape index (κ1) is 54.4. The van der Waals surface area contributed by atoms with E-state index in [0.29, 0.717) is 19.4 Å². The first-order valence-corrected chi connectivity index (χ1v) is 27.0. The van der Waals surface area contributed by atoms with Crippen LogP contribution in [0.4, 0.5) is 0 Å². The second kappa shape index (κ2) is 40.8. The second-order valence-corrected chi connectivity index (χ2v) is 19.5. The van der Waals surface area contributed by atoms with Crippen LogP contribution in [-0.4, -0.2) is 76.7 Å². The zero-order chi connectivity index (χ0) is 42.2. The Bertz CT molecular complexity index is 1040. The topological polar surface area (TPSA) is 86.5 Å². The van der Waals surface area contributed by atoms with E-state index in [1.807, 2.05) is 4.68 Å². The summed E-state index contributed by atoms with van der Waals surface area (Å²) in [5, 5.41) is 9.80. The van der Waals surface area contributed by atoms with Gasteiger partial charge in [0.15, 0.2) is 0 Å². The van der Waals surface area contributed by atoms with Crippen LogP contribution in [0.2, 0.25) is 0 Å². The van der Waals surface area contributed by atoms with E-state index >= 15 is 0 Å². The lowest BCUT2D eigenvalue weighted by atomic mass is 10.0. The van der Waals surface area contributed by atoms with Crippen molar-refractivity contribution >= 4 is 22.8 Å². The van der Waals surface area contributed by atoms with E-state index in [2.05, 4.69) is 54.7 Å². The highest BCUT2D eigenvalue weighted by atomic mass is 32.2. The molecule has 0 fully saturated rings. The third-order valence-corrected chi connectivity index (χ3v) is 12.6. The fraction of sp³-hybridized carbons (Fsp3) is 0.918. The number of ether oxygens (including phenoxy) is 2. The molecule has 0 bridgehead atoms. The van der Waals surface area contributed by atoms with Gasteiger partial charge in [0, 0.05) is 30.3 Å². The number of hydrogen-bond acceptors (Lipinski definition) is 7. The van der Waals surface area contributed by atoms with E-state index in [1.165, 1.54) is 154 Å². The van der Waals surface area contributed by atoms with Crippen molar-refractivity contribution < 1.29 is 19.1 Å². The second-order valence-electron chi connectivity index (χ2n) is 17.4. The molecule has 1 aromatic rings. The molecule has 1 aromatic heterocycles. The molecule has 0 aliphatic heterocycles. The summed E-state index contributed by atoms with van der Waals surface area (Å²) in [4.78, 5) is 27.7. The highest BCUT2D eigenvalue weighted by molar-refractivity contribution is 7.95. The molecule has 0 atom stereocenters. The SMILES string of the molecule is CCCCCCCCCOC(=O)CCCCCCCN(CCCCCCCC(=O)OC(CCCCCCCC)CCCCCCCC)CCCn1cc([S+](C)C)nn1. The van der Waals surface area contributed by atoms with Crippen molar-refractivity contribution in [1.82, 2.24) is 19.9 Å². The molecule has 8 nitrogen and oxygen atoms in total. The van der Waals surface area contributed by atoms with Gasteiger partial charge in [0.25, 0.3) is 5.03 Å². The molecule has 0 aromatic carbocycles. The maximum Gasteiger partial charge on any atom is 0.306 e. The van der Waals surface area contributed by atoms with Gasteiger partial charge < -0.3 is 14.4 Å². The Labute approximate surface area is 362 Å². The number of esters is 2. The lowest BCUT2D eigenvalue weighted by molar-refractivity contribution is -0.150. The summed E-state index contributed by atoms with van der Waals surface area (Å²) in [6.07, 6.45) is 46.3. The van der Waals surface area contributed by atoms with Gasteiger partial charge in [0.2, 0.25) is 0 Å². The monoisotopic (exact) mass is 836 g/mol. The molecular formula is C49H95N4O4S+. The lowest BCUT2D eigenvalue weighted by Crippen LogP contribution is -2.28. The average molecular weight is 836 g/mol. The minimum absolute atomic E-state index is 0.0169. The molecule has 0 spiro atoms. The van der Waals surface area contributed by atoms with Gasteiger partial charge in [-0.15, -0.1) is 0 Å². The van der Waals surface area contributed by atoms with E-state index in [0.717, 1.165) is 82.6 Å². The van der Waals surface area contributed by atoms with E-state index in [4.69, 9.17) is 9.47 Å². The number of rotatable bonds is 44. The smallest absolute Gasteiger partial charge is 0.306 e. The zero-order valence-electron chi connectivity index (χ0n) is 39.1. The standard InChI is InChI=1S/C49H95N4O4S/c1-6-9-12-15-18-27-34-44-56-48(54)38-30-23-19-25-32-40-52(42-35-43-53-45-47(50-51-53)58(4)5)41-33-26-20-24-31-39-49(55)57-46(36-28-21-16-13-10-7-2)37-29-22-17-14-11-8-3/h45-46H,6-44H2,1-5H3/q+1. The molecule has 1 rings (SSSR count). The Hall–Kier alpha value is -1.61. The van der Waals surface area contributed by atoms with Crippen molar-refractivity contribution in [3.63, 3.8) is 0 Å². The number of aryl methyl sites for hydroxylation is 1. The van der Waals surface area contributed by atoms with Crippen LogP contribution in [0.3, 0.4) is 0 Å². The molecule has 0 saturated heterocycles. The van der Waals surface area contributed by atoms with Gasteiger partial charge in [-0.3, -0.25) is 9.59 Å². The number of nitrogens with zero attached hydrogens (tertiary/aromatic N) is 4. The number of aromatic nitrogens is 3. The molecule has 0 unspecified atom stereocenters. The van der Waals surface area contributed by atoms with Crippen LogP contribution in [0.15, 0.2) is 11.2 Å². The van der Waals surface area contributed by atoms with E-state index in [9.17, 15) is 9.59 Å². The first-order chi connectivity index (χ1) is 28.4. The Balaban J connectivity index is 2.34. The molecule has 340 valence electrons. The minimum Gasteiger partial charge on any atom is -0.466 e. The van der Waals surface area contributed by atoms with Crippen LogP contribution >= 0.6 is 0 Å². The predicted octanol–water partition coefficient (Wildman–Crippen LogP) is 13.6. The van der Waals surface area contributed by atoms with Crippen LogP contribution in [0, 0.1) is 0 Å². The van der Waals surface area contributed by atoms with Crippen LogP contribution < -0.4 is 0 Å². The van der Waals surface area contributed by atoms with Crippen molar-refractivity contribution in [2.24, 2.45) is 0 Å². The van der Waals surface area contributed by atoms with Crippen molar-refractivity contribution in [1.29, 1.82) is 0 Å². The minimum atomic E-state index is -0.0169. The fourth-order valence-corrected chi connectivity index (χ4v) is 8.30. The Morgan fingerprint density at radius 3 is 1.50 bits per heavy atom. The largest absolute Gasteiger partial charge is 0.466 e. The molecule has 9 heteroatoms. The normalized spacial score (nSPS) is 11.7. The summed E-state index contributed by atoms with van der Waals surface area (Å²) in [7, 11) is 0.136. The number of carbonyl (C=O) groups excluding carboxylic acids is 2.